The fourth-order valence-corrected chi connectivity index (χ4v) is 4.42. The fourth-order valence-electron chi connectivity index (χ4n) is 4.42. The van der Waals surface area contributed by atoms with Crippen LogP contribution in [0.2, 0.25) is 0 Å². The lowest BCUT2D eigenvalue weighted by atomic mass is 9.78. The third-order valence-corrected chi connectivity index (χ3v) is 5.79. The molecule has 2 aromatic rings. The zero-order chi connectivity index (χ0) is 17.3. The van der Waals surface area contributed by atoms with Crippen molar-refractivity contribution in [2.45, 2.75) is 32.4 Å². The minimum absolute atomic E-state index is 0.135. The van der Waals surface area contributed by atoms with Crippen molar-refractivity contribution in [3.8, 4) is 0 Å². The number of piperidine rings is 1. The molecule has 1 amide bonds. The van der Waals surface area contributed by atoms with Crippen molar-refractivity contribution in [2.75, 3.05) is 26.7 Å². The van der Waals surface area contributed by atoms with Gasteiger partial charge in [-0.25, -0.2) is 0 Å². The Morgan fingerprint density at radius 1 is 1.08 bits per heavy atom. The SMILES string of the molecule is CN1CCC[C@@]2(CCN(Cc3ccccc3Cn3cccn3)C2)C1=O. The maximum Gasteiger partial charge on any atom is 0.229 e. The first kappa shape index (κ1) is 16.3. The summed E-state index contributed by atoms with van der Waals surface area (Å²) in [7, 11) is 1.95. The number of nitrogens with zero attached hydrogens (tertiary/aromatic N) is 4. The second-order valence-electron chi connectivity index (χ2n) is 7.54. The number of rotatable bonds is 4. The summed E-state index contributed by atoms with van der Waals surface area (Å²) in [6.45, 7) is 4.52. The van der Waals surface area contributed by atoms with Gasteiger partial charge in [-0.1, -0.05) is 24.3 Å². The molecule has 1 aromatic carbocycles. The van der Waals surface area contributed by atoms with Gasteiger partial charge >= 0.3 is 0 Å². The van der Waals surface area contributed by atoms with Gasteiger partial charge in [0.25, 0.3) is 0 Å². The van der Waals surface area contributed by atoms with Crippen molar-refractivity contribution in [1.82, 2.24) is 19.6 Å². The van der Waals surface area contributed by atoms with Crippen LogP contribution < -0.4 is 0 Å². The van der Waals surface area contributed by atoms with Gasteiger partial charge in [0.15, 0.2) is 0 Å². The molecule has 25 heavy (non-hydrogen) atoms. The largest absolute Gasteiger partial charge is 0.345 e. The van der Waals surface area contributed by atoms with Crippen LogP contribution in [0.15, 0.2) is 42.7 Å². The first-order chi connectivity index (χ1) is 12.2. The fraction of sp³-hybridized carbons (Fsp3) is 0.500. The monoisotopic (exact) mass is 338 g/mol. The molecule has 0 unspecified atom stereocenters. The molecule has 4 rings (SSSR count). The molecule has 5 nitrogen and oxygen atoms in total. The molecule has 0 N–H and O–H groups in total. The first-order valence-electron chi connectivity index (χ1n) is 9.18. The maximum atomic E-state index is 12.7. The number of aromatic nitrogens is 2. The predicted octanol–water partition coefficient (Wildman–Crippen LogP) is 2.38. The van der Waals surface area contributed by atoms with Gasteiger partial charge in [-0.2, -0.15) is 5.10 Å². The lowest BCUT2D eigenvalue weighted by molar-refractivity contribution is -0.143. The van der Waals surface area contributed by atoms with Gasteiger partial charge < -0.3 is 4.90 Å². The van der Waals surface area contributed by atoms with Gasteiger partial charge in [-0.15, -0.1) is 0 Å². The Morgan fingerprint density at radius 2 is 1.88 bits per heavy atom. The molecule has 0 radical (unpaired) electrons. The second kappa shape index (κ2) is 6.64. The van der Waals surface area contributed by atoms with Crippen LogP contribution in [0.1, 0.15) is 30.4 Å². The van der Waals surface area contributed by atoms with E-state index in [0.717, 1.165) is 52.0 Å². The molecule has 5 heteroatoms. The Balaban J connectivity index is 1.47. The summed E-state index contributed by atoms with van der Waals surface area (Å²) in [6, 6.07) is 10.5. The van der Waals surface area contributed by atoms with E-state index in [2.05, 4.69) is 34.3 Å². The third-order valence-electron chi connectivity index (χ3n) is 5.79. The molecule has 3 heterocycles. The molecule has 2 aliphatic heterocycles. The molecule has 1 spiro atoms. The lowest BCUT2D eigenvalue weighted by Crippen LogP contribution is -2.48. The van der Waals surface area contributed by atoms with Gasteiger partial charge in [-0.3, -0.25) is 14.4 Å². The molecule has 2 fully saturated rings. The van der Waals surface area contributed by atoms with Gasteiger partial charge in [0.1, 0.15) is 0 Å². The van der Waals surface area contributed by atoms with Crippen LogP contribution >= 0.6 is 0 Å². The van der Waals surface area contributed by atoms with E-state index in [1.807, 2.05) is 35.1 Å². The highest BCUT2D eigenvalue weighted by molar-refractivity contribution is 5.83. The molecule has 0 saturated carbocycles. The molecule has 1 atom stereocenters. The Hall–Kier alpha value is -2.14. The lowest BCUT2D eigenvalue weighted by Gasteiger charge is -2.37. The van der Waals surface area contributed by atoms with Crippen LogP contribution in [0.3, 0.4) is 0 Å². The van der Waals surface area contributed by atoms with E-state index >= 15 is 0 Å². The standard InChI is InChI=1S/C20H26N4O/c1-22-11-4-8-20(19(22)25)9-13-23(16-20)14-17-6-2-3-7-18(17)15-24-12-5-10-21-24/h2-3,5-7,10,12H,4,8-9,11,13-16H2,1H3/t20-/m0/s1. The van der Waals surface area contributed by atoms with E-state index in [1.165, 1.54) is 11.1 Å². The van der Waals surface area contributed by atoms with E-state index in [9.17, 15) is 4.79 Å². The highest BCUT2D eigenvalue weighted by Crippen LogP contribution is 2.40. The Morgan fingerprint density at radius 3 is 2.64 bits per heavy atom. The van der Waals surface area contributed by atoms with Crippen LogP contribution in [-0.2, 0) is 17.9 Å². The number of amides is 1. The average Bonchev–Trinajstić information content (AvgIpc) is 3.25. The molecular weight excluding hydrogens is 312 g/mol. The Labute approximate surface area is 149 Å². The van der Waals surface area contributed by atoms with E-state index in [4.69, 9.17) is 0 Å². The van der Waals surface area contributed by atoms with Crippen LogP contribution in [-0.4, -0.2) is 52.2 Å². The van der Waals surface area contributed by atoms with Crippen molar-refractivity contribution in [1.29, 1.82) is 0 Å². The quantitative estimate of drug-likeness (QED) is 0.859. The molecule has 1 aromatic heterocycles. The van der Waals surface area contributed by atoms with Crippen LogP contribution in [0.5, 0.6) is 0 Å². The van der Waals surface area contributed by atoms with Gasteiger partial charge in [-0.05, 0) is 43.0 Å². The summed E-state index contributed by atoms with van der Waals surface area (Å²) < 4.78 is 1.96. The van der Waals surface area contributed by atoms with E-state index < -0.39 is 0 Å². The molecule has 0 aliphatic carbocycles. The summed E-state index contributed by atoms with van der Waals surface area (Å²) in [6.07, 6.45) is 6.99. The van der Waals surface area contributed by atoms with Crippen molar-refractivity contribution in [3.63, 3.8) is 0 Å². The van der Waals surface area contributed by atoms with Crippen molar-refractivity contribution >= 4 is 5.91 Å². The maximum absolute atomic E-state index is 12.7. The number of benzene rings is 1. The summed E-state index contributed by atoms with van der Waals surface area (Å²) in [5.74, 6) is 0.353. The number of carbonyl (C=O) groups is 1. The number of hydrogen-bond donors (Lipinski definition) is 0. The Bertz CT molecular complexity index is 742. The van der Waals surface area contributed by atoms with Crippen molar-refractivity contribution in [3.05, 3.63) is 53.9 Å². The molecule has 2 aliphatic rings. The molecule has 2 saturated heterocycles. The Kier molecular flexibility index (Phi) is 4.34. The second-order valence-corrected chi connectivity index (χ2v) is 7.54. The first-order valence-corrected chi connectivity index (χ1v) is 9.18. The normalized spacial score (nSPS) is 24.4. The van der Waals surface area contributed by atoms with Gasteiger partial charge in [0.05, 0.1) is 12.0 Å². The number of likely N-dealkylation sites (tertiary alicyclic amines) is 2. The van der Waals surface area contributed by atoms with Crippen molar-refractivity contribution in [2.24, 2.45) is 5.41 Å². The highest BCUT2D eigenvalue weighted by Gasteiger charge is 2.47. The topological polar surface area (TPSA) is 41.4 Å². The average molecular weight is 338 g/mol. The summed E-state index contributed by atoms with van der Waals surface area (Å²) in [4.78, 5) is 17.1. The van der Waals surface area contributed by atoms with E-state index in [0.29, 0.717) is 5.91 Å². The minimum atomic E-state index is -0.135. The van der Waals surface area contributed by atoms with Gasteiger partial charge in [0.2, 0.25) is 5.91 Å². The zero-order valence-corrected chi connectivity index (χ0v) is 14.9. The summed E-state index contributed by atoms with van der Waals surface area (Å²) in [5.41, 5.74) is 2.51. The van der Waals surface area contributed by atoms with Gasteiger partial charge in [0, 0.05) is 39.1 Å². The molecule has 0 bridgehead atoms. The summed E-state index contributed by atoms with van der Waals surface area (Å²) in [5, 5.41) is 4.32. The van der Waals surface area contributed by atoms with Crippen LogP contribution in [0.25, 0.3) is 0 Å². The van der Waals surface area contributed by atoms with Crippen LogP contribution in [0.4, 0.5) is 0 Å². The highest BCUT2D eigenvalue weighted by atomic mass is 16.2. The minimum Gasteiger partial charge on any atom is -0.345 e. The van der Waals surface area contributed by atoms with E-state index in [-0.39, 0.29) is 5.41 Å². The smallest absolute Gasteiger partial charge is 0.229 e. The summed E-state index contributed by atoms with van der Waals surface area (Å²) >= 11 is 0. The zero-order valence-electron chi connectivity index (χ0n) is 14.9. The number of carbonyl (C=O) groups excluding carboxylic acids is 1. The van der Waals surface area contributed by atoms with E-state index in [1.54, 1.807) is 0 Å². The third kappa shape index (κ3) is 3.21. The number of hydrogen-bond acceptors (Lipinski definition) is 3. The van der Waals surface area contributed by atoms with Crippen LogP contribution in [0, 0.1) is 5.41 Å². The van der Waals surface area contributed by atoms with Crippen molar-refractivity contribution < 1.29 is 4.79 Å². The molecule has 132 valence electrons. The molecular formula is C20H26N4O. The predicted molar refractivity (Wildman–Crippen MR) is 97.0 cm³/mol.